The summed E-state index contributed by atoms with van der Waals surface area (Å²) in [6.07, 6.45) is 3.74. The average Bonchev–Trinajstić information content (AvgIpc) is 3.25. The Hall–Kier alpha value is -6.92. The molecule has 0 aliphatic heterocycles. The van der Waals surface area contributed by atoms with E-state index in [0.29, 0.717) is 0 Å². The Morgan fingerprint density at radius 2 is 0.535 bits per heavy atom. The molecule has 0 unspecified atom stereocenters. The summed E-state index contributed by atoms with van der Waals surface area (Å²) in [5, 5.41) is 24.5. The predicted molar refractivity (Wildman–Crippen MR) is 288 cm³/mol. The first-order chi connectivity index (χ1) is 33.0. The van der Waals surface area contributed by atoms with E-state index in [-0.39, 0.29) is 28.2 Å². The molecule has 6 nitrogen and oxygen atoms in total. The van der Waals surface area contributed by atoms with Crippen LogP contribution in [0.4, 0.5) is 0 Å². The van der Waals surface area contributed by atoms with Gasteiger partial charge in [0.15, 0.2) is 0 Å². The van der Waals surface area contributed by atoms with Gasteiger partial charge in [-0.15, -0.1) is 0 Å². The normalized spacial score (nSPS) is 10.4. The zero-order valence-electron chi connectivity index (χ0n) is 44.4. The molecule has 2 aromatic heterocycles. The first-order valence-electron chi connectivity index (χ1n) is 23.8. The Kier molecular flexibility index (Phi) is 19.8. The van der Waals surface area contributed by atoms with Crippen LogP contribution in [0.1, 0.15) is 110 Å². The van der Waals surface area contributed by atoms with Crippen molar-refractivity contribution in [1.82, 2.24) is 9.97 Å². The number of hydrogen-bond acceptors (Lipinski definition) is 6. The van der Waals surface area contributed by atoms with Crippen LogP contribution in [0.3, 0.4) is 0 Å². The van der Waals surface area contributed by atoms with Crippen LogP contribution in [-0.4, -0.2) is 21.9 Å². The van der Waals surface area contributed by atoms with E-state index >= 15 is 0 Å². The van der Waals surface area contributed by atoms with Crippen molar-refractivity contribution in [2.24, 2.45) is 0 Å². The van der Waals surface area contributed by atoms with Gasteiger partial charge in [0.2, 0.25) is 0 Å². The van der Waals surface area contributed by atoms with E-state index in [1.165, 1.54) is 33.4 Å². The summed E-state index contributed by atoms with van der Waals surface area (Å²) in [5.41, 5.74) is 25.2. The molecule has 6 aromatic carbocycles. The van der Waals surface area contributed by atoms with Gasteiger partial charge in [0.1, 0.15) is 0 Å². The predicted octanol–water partition coefficient (Wildman–Crippen LogP) is 13.9. The van der Waals surface area contributed by atoms with Crippen LogP contribution in [-0.2, 0) is 17.1 Å². The minimum atomic E-state index is -1.14. The molecule has 0 fully saturated rings. The third kappa shape index (κ3) is 14.1. The van der Waals surface area contributed by atoms with Crippen LogP contribution < -0.4 is 10.2 Å². The Bertz CT molecular complexity index is 2700. The Balaban J connectivity index is 0.000000233. The zero-order chi connectivity index (χ0) is 51.7. The first kappa shape index (κ1) is 56.7. The van der Waals surface area contributed by atoms with Crippen molar-refractivity contribution in [3.8, 4) is 44.5 Å². The maximum Gasteiger partial charge on any atom is 2.00 e. The van der Waals surface area contributed by atoms with Crippen molar-refractivity contribution in [2.75, 3.05) is 0 Å². The van der Waals surface area contributed by atoms with E-state index in [1.54, 1.807) is 0 Å². The SMILES string of the molecule is Cc1cc(C)c(-c2cccc(-c3c(C)cc(C)cc3C)c2C(=O)[O-])c(C)c1.Cc1cc(C)c(-c2cccc(-c3c(C)cc(C)cc3C)c2C(=O)[O-])c(C)c1.Cc1ccc(C)nc1.Cc1ccc(C)nc1.[Fe+2]. The summed E-state index contributed by atoms with van der Waals surface area (Å²) in [4.78, 5) is 32.7. The second kappa shape index (κ2) is 24.8. The van der Waals surface area contributed by atoms with Gasteiger partial charge in [-0.25, -0.2) is 0 Å². The number of pyridine rings is 2. The Morgan fingerprint density at radius 1 is 0.324 bits per heavy atom. The van der Waals surface area contributed by atoms with Crippen molar-refractivity contribution < 1.29 is 36.9 Å². The van der Waals surface area contributed by atoms with E-state index in [2.05, 4.69) is 98.3 Å². The maximum absolute atomic E-state index is 12.3. The molecule has 8 aromatic rings. The zero-order valence-corrected chi connectivity index (χ0v) is 45.5. The van der Waals surface area contributed by atoms with Crippen molar-refractivity contribution >= 4 is 11.9 Å². The quantitative estimate of drug-likeness (QED) is 0.154. The van der Waals surface area contributed by atoms with Gasteiger partial charge in [-0.1, -0.05) is 119 Å². The fraction of sp³-hybridized carbons (Fsp3) is 0.250. The van der Waals surface area contributed by atoms with E-state index in [9.17, 15) is 19.8 Å². The number of carboxylic acids is 2. The van der Waals surface area contributed by atoms with Crippen LogP contribution in [0.5, 0.6) is 0 Å². The monoisotopic (exact) mass is 984 g/mol. The van der Waals surface area contributed by atoms with Crippen molar-refractivity contribution in [1.29, 1.82) is 0 Å². The standard InChI is InChI=1S/2C25H26O2.2C7H9N.Fe/c2*1-14-10-16(3)22(17(4)11-14)20-8-7-9-21(24(20)25(26)27)23-18(5)12-15(2)13-19(23)6;2*1-6-3-4-7(2)8-5-6;/h2*7-13H,1-6H3,(H,26,27);2*3-5H,1-2H3;/q;;;;+2/p-2. The molecule has 0 spiro atoms. The third-order valence-electron chi connectivity index (χ3n) is 12.4. The molecular formula is C64H68FeN2O4. The Labute approximate surface area is 433 Å². The number of carbonyl (C=O) groups is 2. The number of carbonyl (C=O) groups excluding carboxylic acids is 2. The van der Waals surface area contributed by atoms with Gasteiger partial charge >= 0.3 is 17.1 Å². The number of rotatable bonds is 6. The third-order valence-corrected chi connectivity index (χ3v) is 12.4. The number of aryl methyl sites for hydroxylation is 16. The van der Waals surface area contributed by atoms with Crippen LogP contribution in [0.25, 0.3) is 44.5 Å². The van der Waals surface area contributed by atoms with E-state index in [0.717, 1.165) is 100 Å². The molecule has 71 heavy (non-hydrogen) atoms. The van der Waals surface area contributed by atoms with E-state index < -0.39 is 11.9 Å². The molecule has 0 bridgehead atoms. The number of aromatic nitrogens is 2. The minimum absolute atomic E-state index is 0. The number of aromatic carboxylic acids is 2. The summed E-state index contributed by atoms with van der Waals surface area (Å²) in [5.74, 6) is -2.28. The topological polar surface area (TPSA) is 106 Å². The summed E-state index contributed by atoms with van der Waals surface area (Å²) >= 11 is 0. The average molecular weight is 985 g/mol. The largest absolute Gasteiger partial charge is 2.00 e. The summed E-state index contributed by atoms with van der Waals surface area (Å²) in [7, 11) is 0. The van der Waals surface area contributed by atoms with Gasteiger partial charge < -0.3 is 19.8 Å². The van der Waals surface area contributed by atoms with Gasteiger partial charge in [-0.3, -0.25) is 9.97 Å². The smallest absolute Gasteiger partial charge is 0.545 e. The summed E-state index contributed by atoms with van der Waals surface area (Å²) < 4.78 is 0. The molecule has 0 saturated carbocycles. The fourth-order valence-electron chi connectivity index (χ4n) is 9.88. The van der Waals surface area contributed by atoms with Crippen molar-refractivity contribution in [3.63, 3.8) is 0 Å². The Morgan fingerprint density at radius 3 is 0.690 bits per heavy atom. The minimum Gasteiger partial charge on any atom is -0.545 e. The summed E-state index contributed by atoms with van der Waals surface area (Å²) in [6, 6.07) is 36.3. The molecule has 0 atom stereocenters. The van der Waals surface area contributed by atoms with E-state index in [1.807, 2.05) is 144 Å². The number of hydrogen-bond donors (Lipinski definition) is 0. The van der Waals surface area contributed by atoms with Crippen molar-refractivity contribution in [2.45, 2.75) is 111 Å². The van der Waals surface area contributed by atoms with Gasteiger partial charge in [-0.2, -0.15) is 0 Å². The van der Waals surface area contributed by atoms with E-state index in [4.69, 9.17) is 0 Å². The fourth-order valence-corrected chi connectivity index (χ4v) is 9.88. The molecule has 7 heteroatoms. The first-order valence-corrected chi connectivity index (χ1v) is 23.8. The van der Waals surface area contributed by atoms with Crippen LogP contribution >= 0.6 is 0 Å². The van der Waals surface area contributed by atoms with Gasteiger partial charge in [-0.05, 0) is 223 Å². The maximum atomic E-state index is 12.3. The number of carboxylic acid groups (broad SMARTS) is 2. The molecule has 0 aliphatic carbocycles. The van der Waals surface area contributed by atoms with Gasteiger partial charge in [0.05, 0.1) is 11.9 Å². The molecule has 0 saturated heterocycles. The number of benzene rings is 6. The molecule has 2 heterocycles. The van der Waals surface area contributed by atoms with Crippen molar-refractivity contribution in [3.05, 3.63) is 222 Å². The molecule has 366 valence electrons. The van der Waals surface area contributed by atoms with Gasteiger partial charge in [0, 0.05) is 34.9 Å². The molecule has 0 radical (unpaired) electrons. The molecule has 0 amide bonds. The second-order valence-electron chi connectivity index (χ2n) is 19.1. The van der Waals surface area contributed by atoms with Crippen LogP contribution in [0.2, 0.25) is 0 Å². The molecule has 8 rings (SSSR count). The van der Waals surface area contributed by atoms with Crippen LogP contribution in [0.15, 0.2) is 122 Å². The molecular weight excluding hydrogens is 917 g/mol. The van der Waals surface area contributed by atoms with Gasteiger partial charge in [0.25, 0.3) is 0 Å². The molecule has 0 aliphatic rings. The van der Waals surface area contributed by atoms with Crippen LogP contribution in [0, 0.1) is 111 Å². The number of nitrogens with zero attached hydrogens (tertiary/aromatic N) is 2. The molecule has 0 N–H and O–H groups in total. The summed E-state index contributed by atoms with van der Waals surface area (Å²) in [6.45, 7) is 32.5. The second-order valence-corrected chi connectivity index (χ2v) is 19.1.